The van der Waals surface area contributed by atoms with E-state index in [0.717, 1.165) is 12.3 Å². The van der Waals surface area contributed by atoms with Crippen LogP contribution >= 0.6 is 11.8 Å². The molecule has 1 N–H and O–H groups in total. The highest BCUT2D eigenvalue weighted by Gasteiger charge is 2.21. The Morgan fingerprint density at radius 1 is 1.21 bits per heavy atom. The van der Waals surface area contributed by atoms with Crippen LogP contribution < -0.4 is 0 Å². The van der Waals surface area contributed by atoms with Gasteiger partial charge in [-0.2, -0.15) is 11.8 Å². The Balaban J connectivity index is 2.19. The van der Waals surface area contributed by atoms with E-state index in [2.05, 4.69) is 13.8 Å². The minimum atomic E-state index is -0.0327. The summed E-state index contributed by atoms with van der Waals surface area (Å²) < 4.78 is 0. The summed E-state index contributed by atoms with van der Waals surface area (Å²) in [4.78, 5) is 0. The lowest BCUT2D eigenvalue weighted by Gasteiger charge is -2.20. The van der Waals surface area contributed by atoms with E-state index in [1.807, 2.05) is 11.8 Å². The Hall–Kier alpha value is 0.310. The second-order valence-corrected chi connectivity index (χ2v) is 6.14. The van der Waals surface area contributed by atoms with Gasteiger partial charge < -0.3 is 5.11 Å². The van der Waals surface area contributed by atoms with Crippen LogP contribution in [0.5, 0.6) is 0 Å². The molecule has 1 saturated carbocycles. The molecule has 0 aliphatic heterocycles. The minimum Gasteiger partial charge on any atom is -0.392 e. The molecule has 84 valence electrons. The molecule has 1 aliphatic carbocycles. The Labute approximate surface area is 92.7 Å². The van der Waals surface area contributed by atoms with Crippen LogP contribution in [0.2, 0.25) is 0 Å². The van der Waals surface area contributed by atoms with Crippen LogP contribution in [0.25, 0.3) is 0 Å². The molecule has 0 aromatic heterocycles. The maximum Gasteiger partial charge on any atom is 0.0658 e. The molecule has 14 heavy (non-hydrogen) atoms. The fourth-order valence-electron chi connectivity index (χ4n) is 1.90. The molecule has 0 aromatic rings. The average molecular weight is 216 g/mol. The zero-order chi connectivity index (χ0) is 10.4. The molecule has 0 saturated heterocycles. The molecular weight excluding hydrogens is 192 g/mol. The fourth-order valence-corrected chi connectivity index (χ4v) is 3.51. The summed E-state index contributed by atoms with van der Waals surface area (Å²) in [5.41, 5.74) is 0. The van der Waals surface area contributed by atoms with Crippen molar-refractivity contribution in [3.63, 3.8) is 0 Å². The molecule has 1 nitrogen and oxygen atoms in total. The lowest BCUT2D eigenvalue weighted by molar-refractivity contribution is 0.163. The van der Waals surface area contributed by atoms with Crippen molar-refractivity contribution in [1.82, 2.24) is 0 Å². The second-order valence-electron chi connectivity index (χ2n) is 4.80. The summed E-state index contributed by atoms with van der Waals surface area (Å²) in [7, 11) is 0. The highest BCUT2D eigenvalue weighted by Crippen LogP contribution is 2.28. The molecular formula is C12H24OS. The van der Waals surface area contributed by atoms with Gasteiger partial charge in [0.25, 0.3) is 0 Å². The normalized spacial score (nSPS) is 29.1. The first-order valence-electron chi connectivity index (χ1n) is 6.00. The van der Waals surface area contributed by atoms with E-state index in [-0.39, 0.29) is 6.10 Å². The third-order valence-electron chi connectivity index (χ3n) is 2.94. The van der Waals surface area contributed by atoms with E-state index >= 15 is 0 Å². The topological polar surface area (TPSA) is 20.2 Å². The van der Waals surface area contributed by atoms with Gasteiger partial charge in [-0.05, 0) is 30.9 Å². The zero-order valence-corrected chi connectivity index (χ0v) is 10.4. The predicted octanol–water partition coefficient (Wildman–Crippen LogP) is 3.46. The Morgan fingerprint density at radius 3 is 2.64 bits per heavy atom. The Bertz CT molecular complexity index is 147. The summed E-state index contributed by atoms with van der Waals surface area (Å²) in [5, 5.41) is 10.4. The second kappa shape index (κ2) is 6.73. The summed E-state index contributed by atoms with van der Waals surface area (Å²) in [6.07, 6.45) is 7.36. The number of aliphatic hydroxyl groups is 1. The number of hydrogen-bond acceptors (Lipinski definition) is 2. The summed E-state index contributed by atoms with van der Waals surface area (Å²) in [6.45, 7) is 4.54. The average Bonchev–Trinajstić information content (AvgIpc) is 2.31. The van der Waals surface area contributed by atoms with Gasteiger partial charge in [-0.3, -0.25) is 0 Å². The van der Waals surface area contributed by atoms with Crippen LogP contribution in [0, 0.1) is 5.92 Å². The fraction of sp³-hybridized carbons (Fsp3) is 1.00. The lowest BCUT2D eigenvalue weighted by Crippen LogP contribution is -2.21. The molecule has 0 aromatic carbocycles. The highest BCUT2D eigenvalue weighted by molar-refractivity contribution is 7.99. The number of hydrogen-bond donors (Lipinski definition) is 1. The van der Waals surface area contributed by atoms with E-state index in [9.17, 15) is 5.11 Å². The molecule has 1 aliphatic rings. The Morgan fingerprint density at radius 2 is 1.93 bits per heavy atom. The van der Waals surface area contributed by atoms with Crippen molar-refractivity contribution in [2.24, 2.45) is 5.92 Å². The van der Waals surface area contributed by atoms with Gasteiger partial charge in [-0.1, -0.05) is 33.1 Å². The van der Waals surface area contributed by atoms with E-state index in [1.165, 1.54) is 37.9 Å². The van der Waals surface area contributed by atoms with Crippen LogP contribution in [0.1, 0.15) is 52.4 Å². The molecule has 0 amide bonds. The molecule has 2 unspecified atom stereocenters. The van der Waals surface area contributed by atoms with E-state index < -0.39 is 0 Å². The van der Waals surface area contributed by atoms with Gasteiger partial charge in [0.05, 0.1) is 6.10 Å². The molecule has 1 rings (SSSR count). The van der Waals surface area contributed by atoms with E-state index in [0.29, 0.717) is 5.25 Å². The van der Waals surface area contributed by atoms with Crippen molar-refractivity contribution < 1.29 is 5.11 Å². The zero-order valence-electron chi connectivity index (χ0n) is 9.54. The van der Waals surface area contributed by atoms with Crippen molar-refractivity contribution in [1.29, 1.82) is 0 Å². The van der Waals surface area contributed by atoms with Crippen molar-refractivity contribution in [3.8, 4) is 0 Å². The van der Waals surface area contributed by atoms with Crippen molar-refractivity contribution in [3.05, 3.63) is 0 Å². The molecule has 1 fully saturated rings. The molecule has 0 spiro atoms. The van der Waals surface area contributed by atoms with Gasteiger partial charge in [0, 0.05) is 5.25 Å². The van der Waals surface area contributed by atoms with Crippen LogP contribution in [-0.2, 0) is 0 Å². The van der Waals surface area contributed by atoms with E-state index in [1.54, 1.807) is 0 Å². The van der Waals surface area contributed by atoms with Gasteiger partial charge in [0.15, 0.2) is 0 Å². The van der Waals surface area contributed by atoms with Crippen molar-refractivity contribution >= 4 is 11.8 Å². The van der Waals surface area contributed by atoms with E-state index in [4.69, 9.17) is 0 Å². The molecule has 0 radical (unpaired) electrons. The van der Waals surface area contributed by atoms with Crippen LogP contribution in [-0.4, -0.2) is 22.2 Å². The molecule has 2 heteroatoms. The third-order valence-corrected chi connectivity index (χ3v) is 4.39. The first kappa shape index (κ1) is 12.4. The number of aliphatic hydroxyl groups excluding tert-OH is 1. The first-order chi connectivity index (χ1) is 6.70. The van der Waals surface area contributed by atoms with Crippen LogP contribution in [0.4, 0.5) is 0 Å². The van der Waals surface area contributed by atoms with Crippen molar-refractivity contribution in [2.45, 2.75) is 63.7 Å². The van der Waals surface area contributed by atoms with Crippen LogP contribution in [0.3, 0.4) is 0 Å². The SMILES string of the molecule is CC(C)CCSC1CCCCCC1O. The maximum absolute atomic E-state index is 9.89. The van der Waals surface area contributed by atoms with Crippen LogP contribution in [0.15, 0.2) is 0 Å². The highest BCUT2D eigenvalue weighted by atomic mass is 32.2. The monoisotopic (exact) mass is 216 g/mol. The van der Waals surface area contributed by atoms with Gasteiger partial charge in [0.2, 0.25) is 0 Å². The third kappa shape index (κ3) is 4.70. The first-order valence-corrected chi connectivity index (χ1v) is 7.04. The Kier molecular flexibility index (Phi) is 5.95. The number of rotatable bonds is 4. The predicted molar refractivity (Wildman–Crippen MR) is 64.8 cm³/mol. The van der Waals surface area contributed by atoms with Gasteiger partial charge >= 0.3 is 0 Å². The summed E-state index contributed by atoms with van der Waals surface area (Å²) >= 11 is 2.00. The molecule has 2 atom stereocenters. The van der Waals surface area contributed by atoms with Gasteiger partial charge in [0.1, 0.15) is 0 Å². The summed E-state index contributed by atoms with van der Waals surface area (Å²) in [5.74, 6) is 2.02. The smallest absolute Gasteiger partial charge is 0.0658 e. The van der Waals surface area contributed by atoms with Gasteiger partial charge in [-0.15, -0.1) is 0 Å². The standard InChI is InChI=1S/C12H24OS/c1-10(2)8-9-14-12-7-5-3-4-6-11(12)13/h10-13H,3-9H2,1-2H3. The van der Waals surface area contributed by atoms with Crippen molar-refractivity contribution in [2.75, 3.05) is 5.75 Å². The summed E-state index contributed by atoms with van der Waals surface area (Å²) in [6, 6.07) is 0. The lowest BCUT2D eigenvalue weighted by atomic mass is 10.1. The quantitative estimate of drug-likeness (QED) is 0.726. The largest absolute Gasteiger partial charge is 0.392 e. The minimum absolute atomic E-state index is 0.0327. The molecule has 0 heterocycles. The molecule has 0 bridgehead atoms. The van der Waals surface area contributed by atoms with Gasteiger partial charge in [-0.25, -0.2) is 0 Å². The number of thioether (sulfide) groups is 1. The maximum atomic E-state index is 9.89.